The van der Waals surface area contributed by atoms with Gasteiger partial charge in [-0.3, -0.25) is 0 Å². The van der Waals surface area contributed by atoms with Gasteiger partial charge in [-0.15, -0.1) is 0 Å². The summed E-state index contributed by atoms with van der Waals surface area (Å²) in [4.78, 5) is 0. The highest BCUT2D eigenvalue weighted by Gasteiger charge is 1.98. The van der Waals surface area contributed by atoms with Crippen LogP contribution in [0.4, 0.5) is 5.69 Å². The lowest BCUT2D eigenvalue weighted by atomic mass is 10.1. The van der Waals surface area contributed by atoms with Gasteiger partial charge in [0.2, 0.25) is 0 Å². The molecule has 0 spiro atoms. The predicted molar refractivity (Wildman–Crippen MR) is 85.5 cm³/mol. The van der Waals surface area contributed by atoms with Crippen LogP contribution < -0.4 is 10.1 Å². The zero-order valence-corrected chi connectivity index (χ0v) is 12.3. The molecule has 0 radical (unpaired) electrons. The molecule has 106 valence electrons. The van der Waals surface area contributed by atoms with Crippen molar-refractivity contribution < 1.29 is 4.74 Å². The lowest BCUT2D eigenvalue weighted by Gasteiger charge is -2.09. The van der Waals surface area contributed by atoms with Crippen molar-refractivity contribution in [3.05, 3.63) is 54.6 Å². The molecule has 0 saturated carbocycles. The van der Waals surface area contributed by atoms with Crippen molar-refractivity contribution in [1.82, 2.24) is 0 Å². The number of benzene rings is 2. The van der Waals surface area contributed by atoms with E-state index in [1.807, 2.05) is 42.5 Å². The van der Waals surface area contributed by atoms with Crippen molar-refractivity contribution >= 4 is 5.69 Å². The molecule has 0 fully saturated rings. The maximum Gasteiger partial charge on any atom is 0.127 e. The summed E-state index contributed by atoms with van der Waals surface area (Å²) in [5.74, 6) is 2.51. The van der Waals surface area contributed by atoms with Gasteiger partial charge >= 0.3 is 0 Å². The van der Waals surface area contributed by atoms with Gasteiger partial charge in [0.05, 0.1) is 0 Å². The second kappa shape index (κ2) is 7.59. The number of ether oxygens (including phenoxy) is 1. The molecule has 0 unspecified atom stereocenters. The maximum atomic E-state index is 5.76. The number of hydrogen-bond donors (Lipinski definition) is 1. The molecule has 0 aliphatic heterocycles. The summed E-state index contributed by atoms with van der Waals surface area (Å²) in [5.41, 5.74) is 1.15. The molecule has 2 aromatic carbocycles. The molecular weight excluding hydrogens is 246 g/mol. The lowest BCUT2D eigenvalue weighted by molar-refractivity contribution is 0.483. The van der Waals surface area contributed by atoms with Crippen LogP contribution in [-0.4, -0.2) is 6.54 Å². The molecule has 2 rings (SSSR count). The van der Waals surface area contributed by atoms with Crippen LogP contribution in [0.5, 0.6) is 11.5 Å². The third kappa shape index (κ3) is 4.96. The number of hydrogen-bond acceptors (Lipinski definition) is 2. The molecule has 0 aliphatic rings. The highest BCUT2D eigenvalue weighted by Crippen LogP contribution is 2.22. The van der Waals surface area contributed by atoms with Crippen LogP contribution in [0.3, 0.4) is 0 Å². The Labute approximate surface area is 121 Å². The first kappa shape index (κ1) is 14.4. The quantitative estimate of drug-likeness (QED) is 0.686. The molecule has 0 amide bonds. The van der Waals surface area contributed by atoms with E-state index in [-0.39, 0.29) is 0 Å². The van der Waals surface area contributed by atoms with E-state index in [0.29, 0.717) is 0 Å². The maximum absolute atomic E-state index is 5.76. The standard InChI is InChI=1S/C18H23NO/c1-15(2)7-6-14-19-16-10-12-18(13-11-16)20-17-8-4-3-5-9-17/h3-5,8-13,15,19H,6-7,14H2,1-2H3. The Balaban J connectivity index is 1.81. The van der Waals surface area contributed by atoms with Gasteiger partial charge in [-0.2, -0.15) is 0 Å². The predicted octanol–water partition coefficient (Wildman–Crippen LogP) is 5.33. The highest BCUT2D eigenvalue weighted by molar-refractivity contribution is 5.47. The first-order chi connectivity index (χ1) is 9.74. The average molecular weight is 269 g/mol. The topological polar surface area (TPSA) is 21.3 Å². The number of nitrogens with one attached hydrogen (secondary N) is 1. The van der Waals surface area contributed by atoms with E-state index in [0.717, 1.165) is 29.6 Å². The van der Waals surface area contributed by atoms with Crippen LogP contribution in [-0.2, 0) is 0 Å². The minimum Gasteiger partial charge on any atom is -0.457 e. The Morgan fingerprint density at radius 3 is 2.20 bits per heavy atom. The fraction of sp³-hybridized carbons (Fsp3) is 0.333. The van der Waals surface area contributed by atoms with Gasteiger partial charge < -0.3 is 10.1 Å². The smallest absolute Gasteiger partial charge is 0.127 e. The van der Waals surface area contributed by atoms with E-state index >= 15 is 0 Å². The molecule has 0 saturated heterocycles. The Bertz CT molecular complexity index is 491. The molecule has 1 N–H and O–H groups in total. The summed E-state index contributed by atoms with van der Waals surface area (Å²) in [7, 11) is 0. The molecule has 2 heteroatoms. The van der Waals surface area contributed by atoms with Crippen LogP contribution in [0.15, 0.2) is 54.6 Å². The molecule has 2 nitrogen and oxygen atoms in total. The fourth-order valence-electron chi connectivity index (χ4n) is 2.01. The van der Waals surface area contributed by atoms with Crippen molar-refractivity contribution in [2.24, 2.45) is 5.92 Å². The Morgan fingerprint density at radius 1 is 0.900 bits per heavy atom. The zero-order chi connectivity index (χ0) is 14.2. The van der Waals surface area contributed by atoms with Crippen molar-refractivity contribution in [3.63, 3.8) is 0 Å². The van der Waals surface area contributed by atoms with Crippen LogP contribution in [0, 0.1) is 5.92 Å². The van der Waals surface area contributed by atoms with Crippen molar-refractivity contribution in [3.8, 4) is 11.5 Å². The average Bonchev–Trinajstić information content (AvgIpc) is 2.46. The Morgan fingerprint density at radius 2 is 1.55 bits per heavy atom. The van der Waals surface area contributed by atoms with E-state index in [1.165, 1.54) is 12.8 Å². The molecule has 2 aromatic rings. The highest BCUT2D eigenvalue weighted by atomic mass is 16.5. The van der Waals surface area contributed by atoms with Crippen LogP contribution in [0.2, 0.25) is 0 Å². The van der Waals surface area contributed by atoms with Crippen molar-refractivity contribution in [2.75, 3.05) is 11.9 Å². The first-order valence-electron chi connectivity index (χ1n) is 7.31. The third-order valence-corrected chi connectivity index (χ3v) is 3.12. The summed E-state index contributed by atoms with van der Waals surface area (Å²) in [5, 5.41) is 3.44. The Hall–Kier alpha value is -1.96. The van der Waals surface area contributed by atoms with E-state index in [2.05, 4.69) is 31.3 Å². The van der Waals surface area contributed by atoms with Gasteiger partial charge in [0, 0.05) is 12.2 Å². The second-order valence-corrected chi connectivity index (χ2v) is 5.40. The summed E-state index contributed by atoms with van der Waals surface area (Å²) in [6.07, 6.45) is 2.47. The minimum atomic E-state index is 0.776. The lowest BCUT2D eigenvalue weighted by Crippen LogP contribution is -2.02. The summed E-state index contributed by atoms with van der Waals surface area (Å²) in [6.45, 7) is 5.54. The molecule has 0 atom stereocenters. The van der Waals surface area contributed by atoms with Gasteiger partial charge in [0.25, 0.3) is 0 Å². The van der Waals surface area contributed by atoms with E-state index in [1.54, 1.807) is 0 Å². The number of anilines is 1. The normalized spacial score (nSPS) is 10.6. The molecule has 0 aliphatic carbocycles. The van der Waals surface area contributed by atoms with E-state index in [9.17, 15) is 0 Å². The van der Waals surface area contributed by atoms with E-state index in [4.69, 9.17) is 4.74 Å². The van der Waals surface area contributed by atoms with Crippen LogP contribution >= 0.6 is 0 Å². The summed E-state index contributed by atoms with van der Waals surface area (Å²) < 4.78 is 5.76. The molecule has 0 bridgehead atoms. The summed E-state index contributed by atoms with van der Waals surface area (Å²) in [6, 6.07) is 18.0. The Kier molecular flexibility index (Phi) is 5.48. The molecular formula is C18H23NO. The molecule has 0 heterocycles. The SMILES string of the molecule is CC(C)CCCNc1ccc(Oc2ccccc2)cc1. The monoisotopic (exact) mass is 269 g/mol. The molecule has 20 heavy (non-hydrogen) atoms. The minimum absolute atomic E-state index is 0.776. The van der Waals surface area contributed by atoms with Gasteiger partial charge in [-0.25, -0.2) is 0 Å². The van der Waals surface area contributed by atoms with Gasteiger partial charge in [-0.1, -0.05) is 32.0 Å². The van der Waals surface area contributed by atoms with Crippen LogP contribution in [0.25, 0.3) is 0 Å². The van der Waals surface area contributed by atoms with E-state index < -0.39 is 0 Å². The second-order valence-electron chi connectivity index (χ2n) is 5.40. The van der Waals surface area contributed by atoms with Crippen LogP contribution in [0.1, 0.15) is 26.7 Å². The zero-order valence-electron chi connectivity index (χ0n) is 12.3. The summed E-state index contributed by atoms with van der Waals surface area (Å²) >= 11 is 0. The number of rotatable bonds is 7. The van der Waals surface area contributed by atoms with Crippen molar-refractivity contribution in [1.29, 1.82) is 0 Å². The fourth-order valence-corrected chi connectivity index (χ4v) is 2.01. The molecule has 0 aromatic heterocycles. The van der Waals surface area contributed by atoms with Gasteiger partial charge in [-0.05, 0) is 55.2 Å². The van der Waals surface area contributed by atoms with Crippen molar-refractivity contribution in [2.45, 2.75) is 26.7 Å². The first-order valence-corrected chi connectivity index (χ1v) is 7.31. The van der Waals surface area contributed by atoms with Gasteiger partial charge in [0.15, 0.2) is 0 Å². The largest absolute Gasteiger partial charge is 0.457 e. The van der Waals surface area contributed by atoms with Gasteiger partial charge in [0.1, 0.15) is 11.5 Å². The third-order valence-electron chi connectivity index (χ3n) is 3.12. The number of para-hydroxylation sites is 1.